The van der Waals surface area contributed by atoms with Crippen molar-refractivity contribution in [3.05, 3.63) is 70.9 Å². The third-order valence-corrected chi connectivity index (χ3v) is 7.63. The van der Waals surface area contributed by atoms with E-state index < -0.39 is 12.1 Å². The highest BCUT2D eigenvalue weighted by molar-refractivity contribution is 6.04. The second-order valence-electron chi connectivity index (χ2n) is 10.5. The third-order valence-electron chi connectivity index (χ3n) is 7.63. The first kappa shape index (κ1) is 24.1. The van der Waals surface area contributed by atoms with Gasteiger partial charge in [-0.3, -0.25) is 14.4 Å². The molecule has 36 heavy (non-hydrogen) atoms. The molecule has 0 saturated carbocycles. The molecule has 0 bridgehead atoms. The smallest absolute Gasteiger partial charge is 0.255 e. The Labute approximate surface area is 211 Å². The largest absolute Gasteiger partial charge is 0.356 e. The zero-order chi connectivity index (χ0) is 25.6. The van der Waals surface area contributed by atoms with E-state index in [-0.39, 0.29) is 29.7 Å². The number of hydrogen-bond donors (Lipinski definition) is 3. The summed E-state index contributed by atoms with van der Waals surface area (Å²) < 4.78 is 0. The number of nitrogens with one attached hydrogen (secondary N) is 3. The van der Waals surface area contributed by atoms with Crippen LogP contribution in [0.25, 0.3) is 10.9 Å². The van der Waals surface area contributed by atoms with Crippen LogP contribution < -0.4 is 10.6 Å². The van der Waals surface area contributed by atoms with Crippen LogP contribution in [0.2, 0.25) is 0 Å². The lowest BCUT2D eigenvalue weighted by atomic mass is 9.89. The van der Waals surface area contributed by atoms with Crippen LogP contribution in [0.4, 0.5) is 0 Å². The summed E-state index contributed by atoms with van der Waals surface area (Å²) in [6.45, 7) is 8.60. The van der Waals surface area contributed by atoms with Crippen molar-refractivity contribution < 1.29 is 14.4 Å². The van der Waals surface area contributed by atoms with Crippen molar-refractivity contribution >= 4 is 28.6 Å². The molecule has 0 spiro atoms. The van der Waals surface area contributed by atoms with Gasteiger partial charge in [0.05, 0.1) is 6.04 Å². The van der Waals surface area contributed by atoms with Crippen molar-refractivity contribution in [2.45, 2.75) is 58.7 Å². The Balaban J connectivity index is 1.53. The van der Waals surface area contributed by atoms with E-state index in [4.69, 9.17) is 0 Å². The predicted octanol–water partition coefficient (Wildman–Crippen LogP) is 3.94. The summed E-state index contributed by atoms with van der Waals surface area (Å²) in [5.41, 5.74) is 4.54. The highest BCUT2D eigenvalue weighted by Gasteiger charge is 2.49. The van der Waals surface area contributed by atoms with Crippen LogP contribution in [0, 0.1) is 11.8 Å². The predicted molar refractivity (Wildman–Crippen MR) is 139 cm³/mol. The van der Waals surface area contributed by atoms with Crippen molar-refractivity contribution in [2.75, 3.05) is 6.54 Å². The molecule has 0 radical (unpaired) electrons. The highest BCUT2D eigenvalue weighted by Crippen LogP contribution is 2.46. The van der Waals surface area contributed by atoms with Crippen LogP contribution in [-0.4, -0.2) is 46.2 Å². The topological polar surface area (TPSA) is 94.3 Å². The molecule has 1 aromatic heterocycles. The molecule has 3 aromatic rings. The van der Waals surface area contributed by atoms with E-state index in [9.17, 15) is 14.4 Å². The number of fused-ring (bicyclic) bond motifs is 7. The average molecular weight is 487 g/mol. The standard InChI is InChI=1S/C29H34N4O3/c1-5-17(4)24(28(35)30-15-16(2)3)32-27(34)23-14-21-18-10-8-9-13-22(18)31-25(21)26-19-11-6-7-12-20(19)29(36)33(23)26/h6-13,16-17,23-24,26,31H,5,14-15H2,1-4H3,(H,30,35)(H,32,34)/t17-,23+,24+,26+/m1/s1. The van der Waals surface area contributed by atoms with Crippen molar-refractivity contribution in [1.82, 2.24) is 20.5 Å². The van der Waals surface area contributed by atoms with Gasteiger partial charge in [0.15, 0.2) is 0 Å². The van der Waals surface area contributed by atoms with Crippen molar-refractivity contribution in [3.8, 4) is 0 Å². The number of carbonyl (C=O) groups is 3. The van der Waals surface area contributed by atoms with Gasteiger partial charge in [0.1, 0.15) is 12.1 Å². The monoisotopic (exact) mass is 486 g/mol. The van der Waals surface area contributed by atoms with Crippen molar-refractivity contribution in [3.63, 3.8) is 0 Å². The van der Waals surface area contributed by atoms with Gasteiger partial charge in [-0.1, -0.05) is 70.5 Å². The maximum Gasteiger partial charge on any atom is 0.255 e. The van der Waals surface area contributed by atoms with Gasteiger partial charge in [-0.25, -0.2) is 0 Å². The number of benzene rings is 2. The summed E-state index contributed by atoms with van der Waals surface area (Å²) in [6.07, 6.45) is 1.14. The molecule has 5 rings (SSSR count). The van der Waals surface area contributed by atoms with Crippen LogP contribution in [0.5, 0.6) is 0 Å². The van der Waals surface area contributed by atoms with E-state index in [2.05, 4.69) is 21.7 Å². The summed E-state index contributed by atoms with van der Waals surface area (Å²) in [7, 11) is 0. The van der Waals surface area contributed by atoms with E-state index in [1.54, 1.807) is 4.90 Å². The first-order valence-corrected chi connectivity index (χ1v) is 12.9. The van der Waals surface area contributed by atoms with E-state index in [1.807, 2.05) is 70.2 Å². The SMILES string of the molecule is CC[C@@H](C)[C@H](NC(=O)[C@@H]1Cc2c([nH]c3ccccc23)[C@@H]2c3ccccc3C(=O)N21)C(=O)NCC(C)C. The molecular weight excluding hydrogens is 452 g/mol. The van der Waals surface area contributed by atoms with Crippen LogP contribution in [0.3, 0.4) is 0 Å². The number of aromatic nitrogens is 1. The average Bonchev–Trinajstić information content (AvgIpc) is 3.40. The normalized spacial score (nSPS) is 20.0. The maximum absolute atomic E-state index is 13.9. The minimum Gasteiger partial charge on any atom is -0.356 e. The molecule has 3 N–H and O–H groups in total. The molecule has 0 aliphatic carbocycles. The lowest BCUT2D eigenvalue weighted by Crippen LogP contribution is -2.58. The second kappa shape index (κ2) is 9.45. The summed E-state index contributed by atoms with van der Waals surface area (Å²) >= 11 is 0. The van der Waals surface area contributed by atoms with Crippen LogP contribution >= 0.6 is 0 Å². The quantitative estimate of drug-likeness (QED) is 0.472. The zero-order valence-electron chi connectivity index (χ0n) is 21.3. The maximum atomic E-state index is 13.9. The van der Waals surface area contributed by atoms with Crippen molar-refractivity contribution in [2.24, 2.45) is 11.8 Å². The Morgan fingerprint density at radius 2 is 1.81 bits per heavy atom. The molecule has 2 aromatic carbocycles. The first-order valence-electron chi connectivity index (χ1n) is 12.9. The molecule has 7 nitrogen and oxygen atoms in total. The molecule has 0 saturated heterocycles. The number of rotatable bonds is 7. The number of aromatic amines is 1. The Kier molecular flexibility index (Phi) is 6.33. The molecule has 7 heteroatoms. The number of hydrogen-bond acceptors (Lipinski definition) is 3. The first-order chi connectivity index (χ1) is 17.3. The second-order valence-corrected chi connectivity index (χ2v) is 10.5. The fraction of sp³-hybridized carbons (Fsp3) is 0.414. The number of carbonyl (C=O) groups excluding carboxylic acids is 3. The lowest BCUT2D eigenvalue weighted by Gasteiger charge is -2.38. The van der Waals surface area contributed by atoms with Gasteiger partial charge < -0.3 is 20.5 Å². The molecule has 4 atom stereocenters. The third kappa shape index (κ3) is 3.96. The molecule has 0 unspecified atom stereocenters. The lowest BCUT2D eigenvalue weighted by molar-refractivity contribution is -0.133. The van der Waals surface area contributed by atoms with Gasteiger partial charge in [0.25, 0.3) is 5.91 Å². The van der Waals surface area contributed by atoms with E-state index in [0.717, 1.165) is 34.1 Å². The van der Waals surface area contributed by atoms with Gasteiger partial charge in [0.2, 0.25) is 11.8 Å². The van der Waals surface area contributed by atoms with Gasteiger partial charge in [0, 0.05) is 35.1 Å². The van der Waals surface area contributed by atoms with E-state index in [1.165, 1.54) is 0 Å². The van der Waals surface area contributed by atoms with Crippen LogP contribution in [-0.2, 0) is 16.0 Å². The molecule has 0 fully saturated rings. The fourth-order valence-electron chi connectivity index (χ4n) is 5.50. The fourth-order valence-corrected chi connectivity index (χ4v) is 5.50. The summed E-state index contributed by atoms with van der Waals surface area (Å²) in [4.78, 5) is 45.8. The van der Waals surface area contributed by atoms with Gasteiger partial charge in [-0.2, -0.15) is 0 Å². The molecule has 188 valence electrons. The Morgan fingerprint density at radius 1 is 1.08 bits per heavy atom. The molecule has 3 amide bonds. The Hall–Kier alpha value is -3.61. The Bertz CT molecular complexity index is 1330. The van der Waals surface area contributed by atoms with Gasteiger partial charge >= 0.3 is 0 Å². The molecule has 2 aliphatic heterocycles. The number of amides is 3. The van der Waals surface area contributed by atoms with Gasteiger partial charge in [-0.15, -0.1) is 0 Å². The summed E-state index contributed by atoms with van der Waals surface area (Å²) in [5.74, 6) is -0.355. The summed E-state index contributed by atoms with van der Waals surface area (Å²) in [6, 6.07) is 13.9. The van der Waals surface area contributed by atoms with Gasteiger partial charge in [-0.05, 0) is 35.1 Å². The number of H-pyrrole nitrogens is 1. The van der Waals surface area contributed by atoms with Crippen molar-refractivity contribution in [1.29, 1.82) is 0 Å². The number of nitrogens with zero attached hydrogens (tertiary/aromatic N) is 1. The Morgan fingerprint density at radius 3 is 2.56 bits per heavy atom. The number of para-hydroxylation sites is 1. The molecular formula is C29H34N4O3. The molecule has 2 aliphatic rings. The van der Waals surface area contributed by atoms with E-state index in [0.29, 0.717) is 24.4 Å². The van der Waals surface area contributed by atoms with Crippen LogP contribution in [0.1, 0.15) is 67.3 Å². The van der Waals surface area contributed by atoms with Crippen LogP contribution in [0.15, 0.2) is 48.5 Å². The summed E-state index contributed by atoms with van der Waals surface area (Å²) in [5, 5.41) is 7.07. The zero-order valence-corrected chi connectivity index (χ0v) is 21.3. The highest BCUT2D eigenvalue weighted by atomic mass is 16.2. The molecule has 3 heterocycles. The minimum absolute atomic E-state index is 0.0457. The minimum atomic E-state index is -0.717. The van der Waals surface area contributed by atoms with E-state index >= 15 is 0 Å².